The molecule has 0 spiro atoms. The zero-order valence-corrected chi connectivity index (χ0v) is 8.30. The van der Waals surface area contributed by atoms with Gasteiger partial charge in [0.05, 0.1) is 5.33 Å². The van der Waals surface area contributed by atoms with Gasteiger partial charge in [-0.1, -0.05) is 15.9 Å². The van der Waals surface area contributed by atoms with Gasteiger partial charge in [0.2, 0.25) is 5.91 Å². The summed E-state index contributed by atoms with van der Waals surface area (Å²) in [7, 11) is 0. The number of hydrogen-bond acceptors (Lipinski definition) is 2. The lowest BCUT2D eigenvalue weighted by Crippen LogP contribution is -2.32. The van der Waals surface area contributed by atoms with Gasteiger partial charge in [-0.2, -0.15) is 0 Å². The fourth-order valence-corrected chi connectivity index (χ4v) is 1.16. The predicted octanol–water partition coefficient (Wildman–Crippen LogP) is 0.612. The standard InChI is InChI=1S/C7H14BrNO2/c1-2-9(4-3-5-10)7(11)6-8/h10H,2-6H2,1H3. The Morgan fingerprint density at radius 1 is 1.64 bits per heavy atom. The van der Waals surface area contributed by atoms with Gasteiger partial charge >= 0.3 is 0 Å². The van der Waals surface area contributed by atoms with Crippen LogP contribution in [0.3, 0.4) is 0 Å². The van der Waals surface area contributed by atoms with E-state index in [4.69, 9.17) is 5.11 Å². The first-order valence-corrected chi connectivity index (χ1v) is 4.83. The number of rotatable bonds is 5. The van der Waals surface area contributed by atoms with Crippen LogP contribution in [0.5, 0.6) is 0 Å². The first-order valence-electron chi connectivity index (χ1n) is 3.70. The minimum Gasteiger partial charge on any atom is -0.396 e. The zero-order valence-electron chi connectivity index (χ0n) is 6.72. The van der Waals surface area contributed by atoms with Crippen molar-refractivity contribution in [2.24, 2.45) is 0 Å². The molecule has 0 fully saturated rings. The summed E-state index contributed by atoms with van der Waals surface area (Å²) < 4.78 is 0. The molecule has 0 aromatic rings. The van der Waals surface area contributed by atoms with Crippen LogP contribution >= 0.6 is 15.9 Å². The van der Waals surface area contributed by atoms with Crippen LogP contribution in [-0.4, -0.2) is 40.9 Å². The third kappa shape index (κ3) is 4.37. The van der Waals surface area contributed by atoms with Crippen molar-refractivity contribution in [1.29, 1.82) is 0 Å². The molecule has 0 rings (SSSR count). The van der Waals surface area contributed by atoms with Crippen LogP contribution in [0.4, 0.5) is 0 Å². The highest BCUT2D eigenvalue weighted by atomic mass is 79.9. The number of nitrogens with zero attached hydrogens (tertiary/aromatic N) is 1. The zero-order chi connectivity index (χ0) is 8.69. The maximum atomic E-state index is 11.0. The van der Waals surface area contributed by atoms with E-state index in [1.165, 1.54) is 0 Å². The van der Waals surface area contributed by atoms with Crippen molar-refractivity contribution in [2.75, 3.05) is 25.0 Å². The monoisotopic (exact) mass is 223 g/mol. The van der Waals surface area contributed by atoms with Crippen molar-refractivity contribution in [3.63, 3.8) is 0 Å². The molecule has 0 atom stereocenters. The summed E-state index contributed by atoms with van der Waals surface area (Å²) in [5, 5.41) is 8.88. The van der Waals surface area contributed by atoms with E-state index >= 15 is 0 Å². The molecule has 0 aliphatic carbocycles. The largest absolute Gasteiger partial charge is 0.396 e. The Labute approximate surface area is 75.5 Å². The topological polar surface area (TPSA) is 40.5 Å². The molecule has 0 heterocycles. The van der Waals surface area contributed by atoms with Crippen LogP contribution in [0.25, 0.3) is 0 Å². The van der Waals surface area contributed by atoms with E-state index in [1.807, 2.05) is 6.92 Å². The van der Waals surface area contributed by atoms with Gasteiger partial charge < -0.3 is 10.0 Å². The normalized spacial score (nSPS) is 9.73. The Kier molecular flexibility index (Phi) is 6.56. The average Bonchev–Trinajstić information content (AvgIpc) is 2.05. The molecule has 0 radical (unpaired) electrons. The molecule has 0 aliphatic heterocycles. The van der Waals surface area contributed by atoms with E-state index in [9.17, 15) is 4.79 Å². The lowest BCUT2D eigenvalue weighted by molar-refractivity contribution is -0.128. The van der Waals surface area contributed by atoms with E-state index in [-0.39, 0.29) is 12.5 Å². The summed E-state index contributed by atoms with van der Waals surface area (Å²) in [6.45, 7) is 3.44. The minimum absolute atomic E-state index is 0.0842. The smallest absolute Gasteiger partial charge is 0.233 e. The fourth-order valence-electron chi connectivity index (χ4n) is 0.805. The molecule has 1 N–H and O–H groups in total. The molecule has 0 bridgehead atoms. The summed E-state index contributed by atoms with van der Waals surface area (Å²) in [5.41, 5.74) is 0. The number of carbonyl (C=O) groups excluding carboxylic acids is 1. The summed E-state index contributed by atoms with van der Waals surface area (Å²) >= 11 is 3.09. The lowest BCUT2D eigenvalue weighted by atomic mass is 10.4. The Balaban J connectivity index is 3.65. The van der Waals surface area contributed by atoms with Crippen LogP contribution in [0.15, 0.2) is 0 Å². The van der Waals surface area contributed by atoms with Gasteiger partial charge in [0, 0.05) is 19.7 Å². The highest BCUT2D eigenvalue weighted by molar-refractivity contribution is 9.09. The molecule has 0 saturated carbocycles. The van der Waals surface area contributed by atoms with E-state index in [1.54, 1.807) is 4.90 Å². The molecule has 11 heavy (non-hydrogen) atoms. The molecule has 0 aromatic carbocycles. The maximum Gasteiger partial charge on any atom is 0.233 e. The second-order valence-corrected chi connectivity index (χ2v) is 2.74. The molecule has 66 valence electrons. The van der Waals surface area contributed by atoms with Crippen LogP contribution < -0.4 is 0 Å². The molecule has 1 amide bonds. The summed E-state index contributed by atoms with van der Waals surface area (Å²) in [4.78, 5) is 12.8. The number of aliphatic hydroxyl groups excluding tert-OH is 1. The van der Waals surface area contributed by atoms with Crippen LogP contribution in [0.1, 0.15) is 13.3 Å². The molecular weight excluding hydrogens is 210 g/mol. The van der Waals surface area contributed by atoms with E-state index in [2.05, 4.69) is 15.9 Å². The van der Waals surface area contributed by atoms with Gasteiger partial charge in [-0.15, -0.1) is 0 Å². The quantitative estimate of drug-likeness (QED) is 0.695. The van der Waals surface area contributed by atoms with Gasteiger partial charge in [0.1, 0.15) is 0 Å². The Bertz CT molecular complexity index is 119. The molecule has 4 heteroatoms. The van der Waals surface area contributed by atoms with E-state index < -0.39 is 0 Å². The maximum absolute atomic E-state index is 11.0. The first kappa shape index (κ1) is 10.9. The highest BCUT2D eigenvalue weighted by Gasteiger charge is 2.07. The minimum atomic E-state index is 0.0842. The number of amides is 1. The Morgan fingerprint density at radius 2 is 2.27 bits per heavy atom. The molecule has 0 aliphatic rings. The van der Waals surface area contributed by atoms with Crippen molar-refractivity contribution in [3.05, 3.63) is 0 Å². The van der Waals surface area contributed by atoms with Gasteiger partial charge in [-0.05, 0) is 13.3 Å². The number of hydrogen-bond donors (Lipinski definition) is 1. The second-order valence-electron chi connectivity index (χ2n) is 2.18. The SMILES string of the molecule is CCN(CCCO)C(=O)CBr. The van der Waals surface area contributed by atoms with Crippen LogP contribution in [0, 0.1) is 0 Å². The number of halogens is 1. The first-order chi connectivity index (χ1) is 5.26. The molecular formula is C7H14BrNO2. The Morgan fingerprint density at radius 3 is 2.64 bits per heavy atom. The number of aliphatic hydroxyl groups is 1. The van der Waals surface area contributed by atoms with Crippen LogP contribution in [-0.2, 0) is 4.79 Å². The molecule has 0 saturated heterocycles. The molecule has 3 nitrogen and oxygen atoms in total. The van der Waals surface area contributed by atoms with Gasteiger partial charge in [0.25, 0.3) is 0 Å². The third-order valence-electron chi connectivity index (χ3n) is 1.43. The highest BCUT2D eigenvalue weighted by Crippen LogP contribution is 1.94. The summed E-state index contributed by atoms with van der Waals surface area (Å²) in [6.07, 6.45) is 0.659. The number of alkyl halides is 1. The summed E-state index contributed by atoms with van der Waals surface area (Å²) in [5.74, 6) is 0.0842. The summed E-state index contributed by atoms with van der Waals surface area (Å²) in [6, 6.07) is 0. The molecule has 0 unspecified atom stereocenters. The van der Waals surface area contributed by atoms with Gasteiger partial charge in [-0.25, -0.2) is 0 Å². The van der Waals surface area contributed by atoms with E-state index in [0.717, 1.165) is 0 Å². The average molecular weight is 224 g/mol. The predicted molar refractivity (Wildman–Crippen MR) is 47.8 cm³/mol. The van der Waals surface area contributed by atoms with Crippen molar-refractivity contribution in [1.82, 2.24) is 4.90 Å². The van der Waals surface area contributed by atoms with Crippen LogP contribution in [0.2, 0.25) is 0 Å². The molecule has 0 aromatic heterocycles. The fraction of sp³-hybridized carbons (Fsp3) is 0.857. The third-order valence-corrected chi connectivity index (χ3v) is 1.91. The van der Waals surface area contributed by atoms with Crippen molar-refractivity contribution in [2.45, 2.75) is 13.3 Å². The van der Waals surface area contributed by atoms with Crippen molar-refractivity contribution < 1.29 is 9.90 Å². The van der Waals surface area contributed by atoms with Crippen molar-refractivity contribution >= 4 is 21.8 Å². The van der Waals surface area contributed by atoms with Gasteiger partial charge in [0.15, 0.2) is 0 Å². The Hall–Kier alpha value is -0.0900. The van der Waals surface area contributed by atoms with Gasteiger partial charge in [-0.3, -0.25) is 4.79 Å². The van der Waals surface area contributed by atoms with Crippen molar-refractivity contribution in [3.8, 4) is 0 Å². The van der Waals surface area contributed by atoms with E-state index in [0.29, 0.717) is 24.8 Å². The number of carbonyl (C=O) groups is 1. The second kappa shape index (κ2) is 6.61. The lowest BCUT2D eigenvalue weighted by Gasteiger charge is -2.18.